The van der Waals surface area contributed by atoms with Crippen LogP contribution in [0.4, 0.5) is 0 Å². The number of guanidine groups is 1. The summed E-state index contributed by atoms with van der Waals surface area (Å²) in [6, 6.07) is 7.96. The maximum absolute atomic E-state index is 5.72. The molecule has 1 atom stereocenters. The van der Waals surface area contributed by atoms with Gasteiger partial charge in [0.15, 0.2) is 5.96 Å². The molecule has 0 aromatic heterocycles. The van der Waals surface area contributed by atoms with E-state index < -0.39 is 0 Å². The van der Waals surface area contributed by atoms with Gasteiger partial charge in [-0.2, -0.15) is 0 Å². The lowest BCUT2D eigenvalue weighted by Gasteiger charge is -2.13. The topological polar surface area (TPSA) is 64.1 Å². The van der Waals surface area contributed by atoms with Gasteiger partial charge in [0.1, 0.15) is 5.75 Å². The summed E-state index contributed by atoms with van der Waals surface area (Å²) in [6.45, 7) is 7.60. The van der Waals surface area contributed by atoms with Gasteiger partial charge in [-0.1, -0.05) is 18.2 Å². The second-order valence-corrected chi connectivity index (χ2v) is 6.09. The van der Waals surface area contributed by atoms with E-state index >= 15 is 0 Å². The van der Waals surface area contributed by atoms with Gasteiger partial charge in [-0.15, -0.1) is 24.0 Å². The van der Waals surface area contributed by atoms with Crippen molar-refractivity contribution in [2.45, 2.75) is 26.3 Å². The molecule has 1 aliphatic heterocycles. The summed E-state index contributed by atoms with van der Waals surface area (Å²) >= 11 is 0. The predicted molar refractivity (Wildman–Crippen MR) is 116 cm³/mol. The molecular weight excluding hydrogens is 445 g/mol. The number of halogens is 1. The first-order chi connectivity index (χ1) is 12.3. The molecule has 0 bridgehead atoms. The van der Waals surface area contributed by atoms with Crippen molar-refractivity contribution in [2.75, 3.05) is 46.6 Å². The summed E-state index contributed by atoms with van der Waals surface area (Å²) in [7, 11) is 1.68. The fourth-order valence-corrected chi connectivity index (χ4v) is 2.69. The summed E-state index contributed by atoms with van der Waals surface area (Å²) in [5.41, 5.74) is 1.07. The van der Waals surface area contributed by atoms with Crippen molar-refractivity contribution in [3.8, 4) is 5.75 Å². The summed E-state index contributed by atoms with van der Waals surface area (Å²) in [5, 5.41) is 6.62. The Morgan fingerprint density at radius 2 is 2.15 bits per heavy atom. The fraction of sp³-hybridized carbons (Fsp3) is 0.632. The van der Waals surface area contributed by atoms with Gasteiger partial charge < -0.3 is 24.8 Å². The van der Waals surface area contributed by atoms with Crippen LogP contribution in [-0.4, -0.2) is 52.6 Å². The molecule has 0 amide bonds. The Labute approximate surface area is 174 Å². The molecule has 26 heavy (non-hydrogen) atoms. The number of hydrogen-bond donors (Lipinski definition) is 2. The Morgan fingerprint density at radius 3 is 2.88 bits per heavy atom. The second kappa shape index (κ2) is 14.1. The van der Waals surface area contributed by atoms with Gasteiger partial charge in [0.25, 0.3) is 0 Å². The van der Waals surface area contributed by atoms with Crippen LogP contribution < -0.4 is 15.4 Å². The fourth-order valence-electron chi connectivity index (χ4n) is 2.69. The number of hydrogen-bond acceptors (Lipinski definition) is 4. The Hall–Kier alpha value is -1.06. The highest BCUT2D eigenvalue weighted by Gasteiger charge is 2.15. The van der Waals surface area contributed by atoms with Crippen LogP contribution >= 0.6 is 24.0 Å². The number of benzene rings is 1. The SMILES string of the molecule is CCNC(=NCc1ccccc1OC)NCCCOCC1CCOC1.I. The smallest absolute Gasteiger partial charge is 0.191 e. The summed E-state index contributed by atoms with van der Waals surface area (Å²) in [6.07, 6.45) is 2.07. The Morgan fingerprint density at radius 1 is 1.31 bits per heavy atom. The van der Waals surface area contributed by atoms with Crippen LogP contribution in [0, 0.1) is 5.92 Å². The van der Waals surface area contributed by atoms with E-state index in [9.17, 15) is 0 Å². The average Bonchev–Trinajstić information content (AvgIpc) is 3.16. The summed E-state index contributed by atoms with van der Waals surface area (Å²) in [5.74, 6) is 2.26. The maximum Gasteiger partial charge on any atom is 0.191 e. The number of nitrogens with one attached hydrogen (secondary N) is 2. The molecule has 0 aliphatic carbocycles. The zero-order valence-corrected chi connectivity index (χ0v) is 18.2. The third-order valence-corrected chi connectivity index (χ3v) is 4.08. The van der Waals surface area contributed by atoms with Crippen molar-refractivity contribution < 1.29 is 14.2 Å². The van der Waals surface area contributed by atoms with E-state index in [1.165, 1.54) is 0 Å². The highest BCUT2D eigenvalue weighted by molar-refractivity contribution is 14.0. The van der Waals surface area contributed by atoms with Gasteiger partial charge >= 0.3 is 0 Å². The normalized spacial score (nSPS) is 16.8. The maximum atomic E-state index is 5.72. The largest absolute Gasteiger partial charge is 0.496 e. The number of para-hydroxylation sites is 1. The second-order valence-electron chi connectivity index (χ2n) is 6.09. The van der Waals surface area contributed by atoms with Crippen LogP contribution in [0.3, 0.4) is 0 Å². The Bertz CT molecular complexity index is 523. The number of methoxy groups -OCH3 is 1. The molecule has 0 radical (unpaired) electrons. The molecule has 1 aromatic carbocycles. The number of aliphatic imine (C=N–C) groups is 1. The van der Waals surface area contributed by atoms with Crippen LogP contribution in [0.15, 0.2) is 29.3 Å². The zero-order chi connectivity index (χ0) is 17.7. The minimum Gasteiger partial charge on any atom is -0.496 e. The van der Waals surface area contributed by atoms with E-state index in [0.29, 0.717) is 12.5 Å². The zero-order valence-electron chi connectivity index (χ0n) is 15.8. The monoisotopic (exact) mass is 477 g/mol. The van der Waals surface area contributed by atoms with Crippen LogP contribution in [0.25, 0.3) is 0 Å². The molecule has 148 valence electrons. The minimum absolute atomic E-state index is 0. The van der Waals surface area contributed by atoms with Crippen molar-refractivity contribution in [1.82, 2.24) is 10.6 Å². The lowest BCUT2D eigenvalue weighted by atomic mass is 10.1. The Balaban J connectivity index is 0.00000338. The van der Waals surface area contributed by atoms with Gasteiger partial charge in [0.2, 0.25) is 0 Å². The predicted octanol–water partition coefficient (Wildman–Crippen LogP) is 2.81. The van der Waals surface area contributed by atoms with Gasteiger partial charge in [0.05, 0.1) is 26.9 Å². The quantitative estimate of drug-likeness (QED) is 0.235. The number of rotatable bonds is 10. The number of ether oxygens (including phenoxy) is 3. The van der Waals surface area contributed by atoms with E-state index in [1.54, 1.807) is 7.11 Å². The molecule has 1 aromatic rings. The van der Waals surface area contributed by atoms with Crippen molar-refractivity contribution in [2.24, 2.45) is 10.9 Å². The Kier molecular flexibility index (Phi) is 12.4. The molecule has 1 heterocycles. The van der Waals surface area contributed by atoms with Gasteiger partial charge in [0, 0.05) is 37.8 Å². The van der Waals surface area contributed by atoms with Crippen molar-refractivity contribution in [3.05, 3.63) is 29.8 Å². The van der Waals surface area contributed by atoms with Gasteiger partial charge in [-0.25, -0.2) is 4.99 Å². The van der Waals surface area contributed by atoms with Crippen molar-refractivity contribution in [3.63, 3.8) is 0 Å². The van der Waals surface area contributed by atoms with Crippen molar-refractivity contribution in [1.29, 1.82) is 0 Å². The average molecular weight is 477 g/mol. The van der Waals surface area contributed by atoms with E-state index in [1.807, 2.05) is 24.3 Å². The minimum atomic E-state index is 0. The lowest BCUT2D eigenvalue weighted by molar-refractivity contribution is 0.0888. The van der Waals surface area contributed by atoms with Crippen LogP contribution in [0.5, 0.6) is 5.75 Å². The van der Waals surface area contributed by atoms with E-state index in [0.717, 1.165) is 69.6 Å². The lowest BCUT2D eigenvalue weighted by Crippen LogP contribution is -2.38. The molecular formula is C19H32IN3O3. The van der Waals surface area contributed by atoms with Crippen LogP contribution in [0.1, 0.15) is 25.3 Å². The highest BCUT2D eigenvalue weighted by Crippen LogP contribution is 2.17. The first kappa shape index (κ1) is 23.0. The molecule has 1 fully saturated rings. The summed E-state index contributed by atoms with van der Waals surface area (Å²) < 4.78 is 16.4. The molecule has 2 N–H and O–H groups in total. The van der Waals surface area contributed by atoms with Gasteiger partial charge in [-0.05, 0) is 25.8 Å². The van der Waals surface area contributed by atoms with Crippen molar-refractivity contribution >= 4 is 29.9 Å². The summed E-state index contributed by atoms with van der Waals surface area (Å²) in [4.78, 5) is 4.63. The number of nitrogens with zero attached hydrogens (tertiary/aromatic N) is 1. The molecule has 6 nitrogen and oxygen atoms in total. The third kappa shape index (κ3) is 8.55. The molecule has 1 unspecified atom stereocenters. The van der Waals surface area contributed by atoms with E-state index in [4.69, 9.17) is 14.2 Å². The van der Waals surface area contributed by atoms with Gasteiger partial charge in [-0.3, -0.25) is 0 Å². The standard InChI is InChI=1S/C19H31N3O3.HI/c1-3-20-19(22-13-17-7-4-5-8-18(17)23-2)21-10-6-11-24-14-16-9-12-25-15-16;/h4-5,7-8,16H,3,6,9-15H2,1-2H3,(H2,20,21,22);1H. The first-order valence-corrected chi connectivity index (χ1v) is 9.13. The molecule has 2 rings (SSSR count). The van der Waals surface area contributed by atoms with Crippen LogP contribution in [-0.2, 0) is 16.0 Å². The molecule has 7 heteroatoms. The van der Waals surface area contributed by atoms with E-state index in [-0.39, 0.29) is 24.0 Å². The van der Waals surface area contributed by atoms with E-state index in [2.05, 4.69) is 22.5 Å². The highest BCUT2D eigenvalue weighted by atomic mass is 127. The van der Waals surface area contributed by atoms with Crippen LogP contribution in [0.2, 0.25) is 0 Å². The molecule has 1 saturated heterocycles. The molecule has 0 spiro atoms. The molecule has 0 saturated carbocycles. The molecule has 1 aliphatic rings. The third-order valence-electron chi connectivity index (χ3n) is 4.08. The first-order valence-electron chi connectivity index (χ1n) is 9.13.